The number of aliphatic carboxylic acids is 1. The highest BCUT2D eigenvalue weighted by Crippen LogP contribution is 1.99. The standard InChI is InChI=1S/C10H15N5O4/c1-2-3-7-13-8(15-14-7)9(17)12-5(10(18)19)4-6(11)16/h5H,2-4H2,1H3,(H2,11,16)(H,12,17)(H,18,19)(H,13,14,15). The highest BCUT2D eigenvalue weighted by molar-refractivity contribution is 5.94. The number of carbonyl (C=O) groups is 3. The van der Waals surface area contributed by atoms with Crippen LogP contribution in [0.2, 0.25) is 0 Å². The molecule has 5 N–H and O–H groups in total. The van der Waals surface area contributed by atoms with Crippen LogP contribution in [0, 0.1) is 0 Å². The number of hydrogen-bond acceptors (Lipinski definition) is 5. The van der Waals surface area contributed by atoms with Gasteiger partial charge in [0.2, 0.25) is 11.7 Å². The first-order valence-corrected chi connectivity index (χ1v) is 5.67. The van der Waals surface area contributed by atoms with Crippen LogP contribution in [-0.2, 0) is 16.0 Å². The smallest absolute Gasteiger partial charge is 0.326 e. The number of carboxylic acid groups (broad SMARTS) is 1. The predicted octanol–water partition coefficient (Wildman–Crippen LogP) is -1.18. The van der Waals surface area contributed by atoms with E-state index in [-0.39, 0.29) is 5.82 Å². The van der Waals surface area contributed by atoms with Crippen LogP contribution in [0.25, 0.3) is 0 Å². The normalized spacial score (nSPS) is 11.8. The third kappa shape index (κ3) is 4.37. The minimum atomic E-state index is -1.39. The summed E-state index contributed by atoms with van der Waals surface area (Å²) in [6.45, 7) is 1.94. The summed E-state index contributed by atoms with van der Waals surface area (Å²) in [6, 6.07) is -1.39. The van der Waals surface area contributed by atoms with Gasteiger partial charge >= 0.3 is 5.97 Å². The highest BCUT2D eigenvalue weighted by Gasteiger charge is 2.24. The Kier molecular flexibility index (Phi) is 4.98. The molecule has 19 heavy (non-hydrogen) atoms. The molecule has 2 amide bonds. The molecular weight excluding hydrogens is 254 g/mol. The van der Waals surface area contributed by atoms with Crippen LogP contribution < -0.4 is 11.1 Å². The molecule has 1 unspecified atom stereocenters. The number of carboxylic acids is 1. The van der Waals surface area contributed by atoms with Crippen molar-refractivity contribution < 1.29 is 19.5 Å². The first-order chi connectivity index (χ1) is 8.93. The molecule has 0 aromatic carbocycles. The average Bonchev–Trinajstić information content (AvgIpc) is 2.76. The van der Waals surface area contributed by atoms with Crippen molar-refractivity contribution in [2.24, 2.45) is 5.73 Å². The van der Waals surface area contributed by atoms with Gasteiger partial charge in [-0.1, -0.05) is 6.92 Å². The Bertz CT molecular complexity index is 484. The molecule has 1 rings (SSSR count). The Morgan fingerprint density at radius 2 is 2.16 bits per heavy atom. The van der Waals surface area contributed by atoms with Gasteiger partial charge in [-0.15, -0.1) is 5.10 Å². The Balaban J connectivity index is 2.70. The van der Waals surface area contributed by atoms with Gasteiger partial charge in [0, 0.05) is 6.42 Å². The van der Waals surface area contributed by atoms with Crippen molar-refractivity contribution in [2.75, 3.05) is 0 Å². The molecule has 0 radical (unpaired) electrons. The van der Waals surface area contributed by atoms with E-state index in [1.54, 1.807) is 0 Å². The van der Waals surface area contributed by atoms with E-state index in [9.17, 15) is 14.4 Å². The largest absolute Gasteiger partial charge is 0.480 e. The molecule has 0 fully saturated rings. The zero-order chi connectivity index (χ0) is 14.4. The third-order valence-corrected chi connectivity index (χ3v) is 2.23. The molecule has 9 heteroatoms. The van der Waals surface area contributed by atoms with Gasteiger partial charge in [-0.2, -0.15) is 0 Å². The number of amides is 2. The fourth-order valence-corrected chi connectivity index (χ4v) is 1.37. The van der Waals surface area contributed by atoms with Gasteiger partial charge in [0.1, 0.15) is 11.9 Å². The van der Waals surface area contributed by atoms with Crippen LogP contribution in [0.4, 0.5) is 0 Å². The Hall–Kier alpha value is -2.45. The number of aryl methyl sites for hydroxylation is 1. The second-order valence-corrected chi connectivity index (χ2v) is 3.89. The van der Waals surface area contributed by atoms with Crippen LogP contribution in [0.5, 0.6) is 0 Å². The summed E-state index contributed by atoms with van der Waals surface area (Å²) in [4.78, 5) is 37.1. The zero-order valence-corrected chi connectivity index (χ0v) is 10.3. The average molecular weight is 269 g/mol. The van der Waals surface area contributed by atoms with E-state index in [1.165, 1.54) is 0 Å². The van der Waals surface area contributed by atoms with E-state index >= 15 is 0 Å². The second-order valence-electron chi connectivity index (χ2n) is 3.89. The van der Waals surface area contributed by atoms with Gasteiger partial charge in [0.15, 0.2) is 0 Å². The topological polar surface area (TPSA) is 151 Å². The Morgan fingerprint density at radius 3 is 2.68 bits per heavy atom. The van der Waals surface area contributed by atoms with E-state index in [0.717, 1.165) is 6.42 Å². The summed E-state index contributed by atoms with van der Waals surface area (Å²) in [5, 5.41) is 17.2. The van der Waals surface area contributed by atoms with Crippen molar-refractivity contribution in [1.82, 2.24) is 20.5 Å². The quantitative estimate of drug-likeness (QED) is 0.488. The number of primary amides is 1. The number of H-pyrrole nitrogens is 1. The van der Waals surface area contributed by atoms with Crippen LogP contribution >= 0.6 is 0 Å². The molecule has 0 saturated carbocycles. The summed E-state index contributed by atoms with van der Waals surface area (Å²) in [5.41, 5.74) is 4.90. The third-order valence-electron chi connectivity index (χ3n) is 2.23. The minimum absolute atomic E-state index is 0.167. The summed E-state index contributed by atoms with van der Waals surface area (Å²) < 4.78 is 0. The van der Waals surface area contributed by atoms with Crippen molar-refractivity contribution in [3.05, 3.63) is 11.6 Å². The number of nitrogens with one attached hydrogen (secondary N) is 2. The number of carbonyl (C=O) groups excluding carboxylic acids is 2. The first-order valence-electron chi connectivity index (χ1n) is 5.67. The van der Waals surface area contributed by atoms with Crippen molar-refractivity contribution in [3.8, 4) is 0 Å². The van der Waals surface area contributed by atoms with Crippen LogP contribution in [0.15, 0.2) is 0 Å². The van der Waals surface area contributed by atoms with Crippen LogP contribution in [0.3, 0.4) is 0 Å². The lowest BCUT2D eigenvalue weighted by Gasteiger charge is -2.10. The van der Waals surface area contributed by atoms with Crippen molar-refractivity contribution >= 4 is 17.8 Å². The maximum Gasteiger partial charge on any atom is 0.326 e. The first kappa shape index (κ1) is 14.6. The lowest BCUT2D eigenvalue weighted by atomic mass is 10.2. The minimum Gasteiger partial charge on any atom is -0.480 e. The SMILES string of the molecule is CCCc1nc(C(=O)NC(CC(N)=O)C(=O)O)n[nH]1. The molecule has 0 aliphatic rings. The number of nitrogens with zero attached hydrogens (tertiary/aromatic N) is 2. The van der Waals surface area contributed by atoms with Gasteiger partial charge < -0.3 is 16.2 Å². The summed E-state index contributed by atoms with van der Waals surface area (Å²) in [7, 11) is 0. The summed E-state index contributed by atoms with van der Waals surface area (Å²) in [5.74, 6) is -2.58. The van der Waals surface area contributed by atoms with Crippen molar-refractivity contribution in [3.63, 3.8) is 0 Å². The van der Waals surface area contributed by atoms with Gasteiger partial charge in [-0.3, -0.25) is 14.7 Å². The van der Waals surface area contributed by atoms with E-state index in [4.69, 9.17) is 10.8 Å². The molecule has 1 aromatic heterocycles. The van der Waals surface area contributed by atoms with E-state index < -0.39 is 30.2 Å². The number of aromatic nitrogens is 3. The lowest BCUT2D eigenvalue weighted by Crippen LogP contribution is -2.43. The van der Waals surface area contributed by atoms with E-state index in [2.05, 4.69) is 20.5 Å². The summed E-state index contributed by atoms with van der Waals surface area (Å²) >= 11 is 0. The van der Waals surface area contributed by atoms with E-state index in [0.29, 0.717) is 12.2 Å². The van der Waals surface area contributed by atoms with Crippen LogP contribution in [-0.4, -0.2) is 44.1 Å². The molecule has 0 aliphatic carbocycles. The number of aromatic amines is 1. The molecule has 1 heterocycles. The van der Waals surface area contributed by atoms with Crippen LogP contribution in [0.1, 0.15) is 36.2 Å². The fraction of sp³-hybridized carbons (Fsp3) is 0.500. The molecule has 0 aliphatic heterocycles. The maximum atomic E-state index is 11.7. The molecule has 104 valence electrons. The van der Waals surface area contributed by atoms with Crippen molar-refractivity contribution in [1.29, 1.82) is 0 Å². The maximum absolute atomic E-state index is 11.7. The van der Waals surface area contributed by atoms with Crippen molar-refractivity contribution in [2.45, 2.75) is 32.2 Å². The predicted molar refractivity (Wildman–Crippen MR) is 63.1 cm³/mol. The van der Waals surface area contributed by atoms with Gasteiger partial charge in [0.25, 0.3) is 5.91 Å². The molecule has 1 atom stereocenters. The van der Waals surface area contributed by atoms with E-state index in [1.807, 2.05) is 6.92 Å². The molecule has 9 nitrogen and oxygen atoms in total. The second kappa shape index (κ2) is 6.47. The zero-order valence-electron chi connectivity index (χ0n) is 10.3. The number of hydrogen-bond donors (Lipinski definition) is 4. The monoisotopic (exact) mass is 269 g/mol. The molecule has 0 bridgehead atoms. The Morgan fingerprint density at radius 1 is 1.47 bits per heavy atom. The Labute approximate surface area is 108 Å². The molecule has 1 aromatic rings. The lowest BCUT2D eigenvalue weighted by molar-refractivity contribution is -0.140. The number of nitrogens with two attached hydrogens (primary N) is 1. The highest BCUT2D eigenvalue weighted by atomic mass is 16.4. The van der Waals surface area contributed by atoms with Gasteiger partial charge in [-0.05, 0) is 6.42 Å². The molecule has 0 spiro atoms. The molecule has 0 saturated heterocycles. The number of rotatable bonds is 7. The fourth-order valence-electron chi connectivity index (χ4n) is 1.37. The molecular formula is C10H15N5O4. The van der Waals surface area contributed by atoms with Gasteiger partial charge in [0.05, 0.1) is 6.42 Å². The summed E-state index contributed by atoms with van der Waals surface area (Å²) in [6.07, 6.45) is 0.965. The van der Waals surface area contributed by atoms with Gasteiger partial charge in [-0.25, -0.2) is 9.78 Å².